The Hall–Kier alpha value is -1.16. The zero-order chi connectivity index (χ0) is 12.7. The highest BCUT2D eigenvalue weighted by Crippen LogP contribution is 2.10. The van der Waals surface area contributed by atoms with Crippen LogP contribution in [0.4, 0.5) is 0 Å². The van der Waals surface area contributed by atoms with Crippen molar-refractivity contribution in [1.29, 1.82) is 0 Å². The van der Waals surface area contributed by atoms with Crippen molar-refractivity contribution in [3.05, 3.63) is 18.1 Å². The van der Waals surface area contributed by atoms with Crippen LogP contribution in [0, 0.1) is 5.92 Å². The van der Waals surface area contributed by atoms with Gasteiger partial charge in [-0.05, 0) is 18.9 Å². The van der Waals surface area contributed by atoms with Gasteiger partial charge in [0.05, 0.1) is 7.11 Å². The predicted molar refractivity (Wildman–Crippen MR) is 69.2 cm³/mol. The summed E-state index contributed by atoms with van der Waals surface area (Å²) in [5, 5.41) is 3.48. The number of rotatable bonds is 7. The SMILES string of the molecule is CCNC(Cc1nccc(OC)n1)CC(C)C. The molecule has 0 saturated carbocycles. The lowest BCUT2D eigenvalue weighted by atomic mass is 10.0. The summed E-state index contributed by atoms with van der Waals surface area (Å²) in [5.41, 5.74) is 0. The molecule has 4 nitrogen and oxygen atoms in total. The van der Waals surface area contributed by atoms with Gasteiger partial charge in [0.1, 0.15) is 5.82 Å². The van der Waals surface area contributed by atoms with Gasteiger partial charge in [-0.2, -0.15) is 4.98 Å². The molecule has 1 atom stereocenters. The van der Waals surface area contributed by atoms with Crippen molar-refractivity contribution >= 4 is 0 Å². The molecule has 96 valence electrons. The molecule has 0 amide bonds. The average molecular weight is 237 g/mol. The third-order valence-electron chi connectivity index (χ3n) is 2.57. The van der Waals surface area contributed by atoms with Gasteiger partial charge in [-0.3, -0.25) is 0 Å². The number of nitrogens with zero attached hydrogens (tertiary/aromatic N) is 2. The first kappa shape index (κ1) is 13.9. The second-order valence-corrected chi connectivity index (χ2v) is 4.60. The minimum absolute atomic E-state index is 0.437. The monoisotopic (exact) mass is 237 g/mol. The van der Waals surface area contributed by atoms with Crippen molar-refractivity contribution in [3.63, 3.8) is 0 Å². The van der Waals surface area contributed by atoms with Crippen molar-refractivity contribution in [2.24, 2.45) is 5.92 Å². The highest BCUT2D eigenvalue weighted by atomic mass is 16.5. The van der Waals surface area contributed by atoms with Gasteiger partial charge in [0.15, 0.2) is 0 Å². The lowest BCUT2D eigenvalue weighted by Gasteiger charge is -2.19. The smallest absolute Gasteiger partial charge is 0.216 e. The molecule has 0 radical (unpaired) electrons. The number of nitrogens with one attached hydrogen (secondary N) is 1. The maximum absolute atomic E-state index is 5.11. The molecule has 1 unspecified atom stereocenters. The van der Waals surface area contributed by atoms with E-state index in [1.807, 2.05) is 0 Å². The molecule has 0 spiro atoms. The van der Waals surface area contributed by atoms with E-state index in [1.54, 1.807) is 19.4 Å². The van der Waals surface area contributed by atoms with E-state index in [4.69, 9.17) is 4.74 Å². The van der Waals surface area contributed by atoms with Crippen LogP contribution in [0.25, 0.3) is 0 Å². The third-order valence-corrected chi connectivity index (χ3v) is 2.57. The van der Waals surface area contributed by atoms with Crippen LogP contribution in [0.1, 0.15) is 33.0 Å². The minimum atomic E-state index is 0.437. The Balaban J connectivity index is 2.64. The van der Waals surface area contributed by atoms with Crippen LogP contribution in [-0.2, 0) is 6.42 Å². The largest absolute Gasteiger partial charge is 0.481 e. The van der Waals surface area contributed by atoms with Crippen molar-refractivity contribution in [3.8, 4) is 5.88 Å². The molecular formula is C13H23N3O. The third kappa shape index (κ3) is 5.13. The zero-order valence-electron chi connectivity index (χ0n) is 11.2. The summed E-state index contributed by atoms with van der Waals surface area (Å²) in [5.74, 6) is 2.15. The Labute approximate surface area is 104 Å². The summed E-state index contributed by atoms with van der Waals surface area (Å²) in [6.45, 7) is 7.56. The van der Waals surface area contributed by atoms with Crippen molar-refractivity contribution in [1.82, 2.24) is 15.3 Å². The van der Waals surface area contributed by atoms with Gasteiger partial charge < -0.3 is 10.1 Å². The number of hydrogen-bond donors (Lipinski definition) is 1. The first-order chi connectivity index (χ1) is 8.15. The summed E-state index contributed by atoms with van der Waals surface area (Å²) >= 11 is 0. The van der Waals surface area contributed by atoms with Crippen LogP contribution in [0.2, 0.25) is 0 Å². The number of likely N-dealkylation sites (N-methyl/N-ethyl adjacent to an activating group) is 1. The van der Waals surface area contributed by atoms with Crippen LogP contribution in [0.5, 0.6) is 5.88 Å². The molecule has 0 saturated heterocycles. The molecule has 1 heterocycles. The molecule has 4 heteroatoms. The molecule has 1 aromatic rings. The van der Waals surface area contributed by atoms with E-state index >= 15 is 0 Å². The lowest BCUT2D eigenvalue weighted by molar-refractivity contribution is 0.387. The van der Waals surface area contributed by atoms with Gasteiger partial charge in [0.2, 0.25) is 5.88 Å². The first-order valence-corrected chi connectivity index (χ1v) is 6.25. The minimum Gasteiger partial charge on any atom is -0.481 e. The molecule has 0 aliphatic carbocycles. The van der Waals surface area contributed by atoms with E-state index in [0.29, 0.717) is 17.8 Å². The van der Waals surface area contributed by atoms with Crippen molar-refractivity contribution in [2.75, 3.05) is 13.7 Å². The normalized spacial score (nSPS) is 12.8. The second-order valence-electron chi connectivity index (χ2n) is 4.60. The standard InChI is InChI=1S/C13H23N3O/c1-5-14-11(8-10(2)3)9-12-15-7-6-13(16-12)17-4/h6-7,10-11,14H,5,8-9H2,1-4H3. The van der Waals surface area contributed by atoms with E-state index in [0.717, 1.165) is 25.2 Å². The summed E-state index contributed by atoms with van der Waals surface area (Å²) in [4.78, 5) is 8.63. The highest BCUT2D eigenvalue weighted by molar-refractivity contribution is 5.08. The molecule has 1 N–H and O–H groups in total. The average Bonchev–Trinajstić information content (AvgIpc) is 2.29. The number of ether oxygens (including phenoxy) is 1. The van der Waals surface area contributed by atoms with Crippen molar-refractivity contribution in [2.45, 2.75) is 39.7 Å². The molecule has 0 fully saturated rings. The highest BCUT2D eigenvalue weighted by Gasteiger charge is 2.12. The molecule has 17 heavy (non-hydrogen) atoms. The molecule has 1 aromatic heterocycles. The zero-order valence-corrected chi connectivity index (χ0v) is 11.2. The van der Waals surface area contributed by atoms with Gasteiger partial charge in [0.25, 0.3) is 0 Å². The van der Waals surface area contributed by atoms with E-state index in [1.165, 1.54) is 0 Å². The fourth-order valence-electron chi connectivity index (χ4n) is 1.91. The van der Waals surface area contributed by atoms with Gasteiger partial charge in [-0.25, -0.2) is 4.98 Å². The van der Waals surface area contributed by atoms with E-state index in [2.05, 4.69) is 36.1 Å². The molecule has 1 rings (SSSR count). The Kier molecular flexibility index (Phi) is 5.91. The Morgan fingerprint density at radius 2 is 2.18 bits per heavy atom. The Morgan fingerprint density at radius 3 is 2.76 bits per heavy atom. The number of aromatic nitrogens is 2. The maximum atomic E-state index is 5.11. The fourth-order valence-corrected chi connectivity index (χ4v) is 1.91. The van der Waals surface area contributed by atoms with Crippen LogP contribution >= 0.6 is 0 Å². The predicted octanol–water partition coefficient (Wildman–Crippen LogP) is 2.05. The molecular weight excluding hydrogens is 214 g/mol. The molecule has 0 aliphatic rings. The van der Waals surface area contributed by atoms with E-state index < -0.39 is 0 Å². The quantitative estimate of drug-likeness (QED) is 0.788. The van der Waals surface area contributed by atoms with Gasteiger partial charge in [-0.15, -0.1) is 0 Å². The fraction of sp³-hybridized carbons (Fsp3) is 0.692. The van der Waals surface area contributed by atoms with Crippen LogP contribution in [0.15, 0.2) is 12.3 Å². The lowest BCUT2D eigenvalue weighted by Crippen LogP contribution is -2.32. The molecule has 0 bridgehead atoms. The summed E-state index contributed by atoms with van der Waals surface area (Å²) in [6.07, 6.45) is 3.73. The summed E-state index contributed by atoms with van der Waals surface area (Å²) in [6, 6.07) is 2.21. The Bertz CT molecular complexity index is 328. The van der Waals surface area contributed by atoms with Crippen LogP contribution in [0.3, 0.4) is 0 Å². The van der Waals surface area contributed by atoms with Crippen molar-refractivity contribution < 1.29 is 4.74 Å². The van der Waals surface area contributed by atoms with Gasteiger partial charge in [-0.1, -0.05) is 20.8 Å². The molecule has 0 aliphatic heterocycles. The van der Waals surface area contributed by atoms with E-state index in [9.17, 15) is 0 Å². The number of methoxy groups -OCH3 is 1. The topological polar surface area (TPSA) is 47.0 Å². The number of hydrogen-bond acceptors (Lipinski definition) is 4. The maximum Gasteiger partial charge on any atom is 0.216 e. The molecule has 0 aromatic carbocycles. The van der Waals surface area contributed by atoms with Crippen LogP contribution < -0.4 is 10.1 Å². The summed E-state index contributed by atoms with van der Waals surface area (Å²) in [7, 11) is 1.63. The van der Waals surface area contributed by atoms with Gasteiger partial charge in [0, 0.05) is 24.7 Å². The first-order valence-electron chi connectivity index (χ1n) is 6.25. The van der Waals surface area contributed by atoms with Gasteiger partial charge >= 0.3 is 0 Å². The second kappa shape index (κ2) is 7.22. The van der Waals surface area contributed by atoms with Crippen LogP contribution in [-0.4, -0.2) is 29.7 Å². The summed E-state index contributed by atoms with van der Waals surface area (Å²) < 4.78 is 5.11. The van der Waals surface area contributed by atoms with E-state index in [-0.39, 0.29) is 0 Å². The Morgan fingerprint density at radius 1 is 1.41 bits per heavy atom.